The number of pyridine rings is 1. The number of esters is 1. The Balaban J connectivity index is 1.67. The number of carbonyl (C=O) groups is 1. The number of nitrogens with zero attached hydrogens (tertiary/aromatic N) is 2. The number of hydrogen-bond acceptors (Lipinski definition) is 6. The topological polar surface area (TPSA) is 102 Å². The summed E-state index contributed by atoms with van der Waals surface area (Å²) in [5.41, 5.74) is 0.691. The Morgan fingerprint density at radius 2 is 2.12 bits per heavy atom. The SMILES string of the molecule is O=C(OCc1ccccn1)c1cc(S(=O)(=O)N2CCOCC2)c[nH]1. The standard InChI is InChI=1S/C15H17N3O5S/c19-15(23-11-12-3-1-2-4-16-12)14-9-13(10-17-14)24(20,21)18-5-7-22-8-6-18/h1-4,9-10,17H,5-8,11H2. The van der Waals surface area contributed by atoms with Gasteiger partial charge < -0.3 is 14.5 Å². The van der Waals surface area contributed by atoms with E-state index < -0.39 is 16.0 Å². The van der Waals surface area contributed by atoms with Gasteiger partial charge in [0.25, 0.3) is 0 Å². The number of H-pyrrole nitrogens is 1. The molecule has 3 heterocycles. The number of rotatable bonds is 5. The summed E-state index contributed by atoms with van der Waals surface area (Å²) in [5, 5.41) is 0. The molecular formula is C15H17N3O5S. The lowest BCUT2D eigenvalue weighted by molar-refractivity contribution is 0.0461. The molecule has 1 fully saturated rings. The van der Waals surface area contributed by atoms with Crippen molar-refractivity contribution in [3.8, 4) is 0 Å². The van der Waals surface area contributed by atoms with Crippen LogP contribution in [0.25, 0.3) is 0 Å². The Kier molecular flexibility index (Phi) is 4.93. The first-order chi connectivity index (χ1) is 11.6. The minimum Gasteiger partial charge on any atom is -0.455 e. The van der Waals surface area contributed by atoms with Crippen molar-refractivity contribution in [2.45, 2.75) is 11.5 Å². The molecule has 0 radical (unpaired) electrons. The molecule has 0 saturated carbocycles. The number of carbonyl (C=O) groups excluding carboxylic acids is 1. The van der Waals surface area contributed by atoms with Gasteiger partial charge in [-0.15, -0.1) is 0 Å². The number of ether oxygens (including phenoxy) is 2. The minimum atomic E-state index is -3.64. The first-order valence-electron chi connectivity index (χ1n) is 7.41. The molecule has 1 aliphatic rings. The molecule has 0 bridgehead atoms. The van der Waals surface area contributed by atoms with Crippen LogP contribution in [-0.4, -0.2) is 55.0 Å². The van der Waals surface area contributed by atoms with Crippen LogP contribution in [0.3, 0.4) is 0 Å². The largest absolute Gasteiger partial charge is 0.455 e. The molecule has 0 atom stereocenters. The molecule has 0 aromatic carbocycles. The van der Waals surface area contributed by atoms with E-state index in [-0.39, 0.29) is 17.2 Å². The van der Waals surface area contributed by atoms with Crippen LogP contribution in [0, 0.1) is 0 Å². The van der Waals surface area contributed by atoms with Crippen molar-refractivity contribution >= 4 is 16.0 Å². The Morgan fingerprint density at radius 1 is 1.33 bits per heavy atom. The molecule has 3 rings (SSSR count). The lowest BCUT2D eigenvalue weighted by Gasteiger charge is -2.25. The number of aromatic amines is 1. The van der Waals surface area contributed by atoms with Gasteiger partial charge in [0, 0.05) is 25.5 Å². The van der Waals surface area contributed by atoms with E-state index in [4.69, 9.17) is 9.47 Å². The zero-order valence-electron chi connectivity index (χ0n) is 12.8. The van der Waals surface area contributed by atoms with Crippen LogP contribution in [-0.2, 0) is 26.1 Å². The van der Waals surface area contributed by atoms with E-state index in [1.807, 2.05) is 0 Å². The summed E-state index contributed by atoms with van der Waals surface area (Å²) in [6, 6.07) is 6.57. The van der Waals surface area contributed by atoms with Gasteiger partial charge in [0.05, 0.1) is 18.9 Å². The van der Waals surface area contributed by atoms with E-state index in [2.05, 4.69) is 9.97 Å². The third kappa shape index (κ3) is 3.64. The molecule has 9 heteroatoms. The van der Waals surface area contributed by atoms with E-state index >= 15 is 0 Å². The smallest absolute Gasteiger partial charge is 0.355 e. The Bertz CT molecular complexity index is 798. The van der Waals surface area contributed by atoms with Crippen LogP contribution in [0.2, 0.25) is 0 Å². The van der Waals surface area contributed by atoms with E-state index in [1.54, 1.807) is 24.4 Å². The van der Waals surface area contributed by atoms with Crippen molar-refractivity contribution in [1.29, 1.82) is 0 Å². The predicted octanol–water partition coefficient (Wildman–Crippen LogP) is 0.788. The van der Waals surface area contributed by atoms with Crippen LogP contribution in [0.5, 0.6) is 0 Å². The summed E-state index contributed by atoms with van der Waals surface area (Å²) in [6.45, 7) is 1.34. The molecular weight excluding hydrogens is 334 g/mol. The normalized spacial score (nSPS) is 16.0. The van der Waals surface area contributed by atoms with Crippen LogP contribution >= 0.6 is 0 Å². The van der Waals surface area contributed by atoms with Crippen LogP contribution < -0.4 is 0 Å². The summed E-state index contributed by atoms with van der Waals surface area (Å²) < 4.78 is 36.6. The van der Waals surface area contributed by atoms with Crippen molar-refractivity contribution in [1.82, 2.24) is 14.3 Å². The molecule has 128 valence electrons. The third-order valence-electron chi connectivity index (χ3n) is 3.56. The Morgan fingerprint density at radius 3 is 2.83 bits per heavy atom. The van der Waals surface area contributed by atoms with Gasteiger partial charge in [-0.3, -0.25) is 4.98 Å². The van der Waals surface area contributed by atoms with Gasteiger partial charge in [-0.1, -0.05) is 6.07 Å². The number of morpholine rings is 1. The molecule has 0 amide bonds. The molecule has 0 unspecified atom stereocenters. The fourth-order valence-corrected chi connectivity index (χ4v) is 3.68. The highest BCUT2D eigenvalue weighted by atomic mass is 32.2. The molecule has 1 aliphatic heterocycles. The first kappa shape index (κ1) is 16.6. The summed E-state index contributed by atoms with van der Waals surface area (Å²) in [5.74, 6) is -0.635. The summed E-state index contributed by atoms with van der Waals surface area (Å²) in [7, 11) is -3.64. The number of sulfonamides is 1. The fraction of sp³-hybridized carbons (Fsp3) is 0.333. The van der Waals surface area contributed by atoms with Gasteiger partial charge in [0.15, 0.2) is 0 Å². The van der Waals surface area contributed by atoms with Crippen molar-refractivity contribution in [3.63, 3.8) is 0 Å². The molecule has 1 N–H and O–H groups in total. The van der Waals surface area contributed by atoms with Crippen LogP contribution in [0.1, 0.15) is 16.2 Å². The van der Waals surface area contributed by atoms with Gasteiger partial charge in [-0.2, -0.15) is 4.31 Å². The van der Waals surface area contributed by atoms with Gasteiger partial charge >= 0.3 is 5.97 Å². The maximum absolute atomic E-state index is 12.5. The van der Waals surface area contributed by atoms with Gasteiger partial charge in [-0.05, 0) is 18.2 Å². The molecule has 24 heavy (non-hydrogen) atoms. The molecule has 2 aromatic heterocycles. The molecule has 2 aromatic rings. The van der Waals surface area contributed by atoms with Gasteiger partial charge in [-0.25, -0.2) is 13.2 Å². The zero-order valence-corrected chi connectivity index (χ0v) is 13.7. The average Bonchev–Trinajstić information content (AvgIpc) is 3.12. The molecule has 0 spiro atoms. The second kappa shape index (κ2) is 7.12. The van der Waals surface area contributed by atoms with Crippen LogP contribution in [0.4, 0.5) is 0 Å². The zero-order chi connectivity index (χ0) is 17.0. The van der Waals surface area contributed by atoms with E-state index in [1.165, 1.54) is 16.6 Å². The van der Waals surface area contributed by atoms with Crippen molar-refractivity contribution < 1.29 is 22.7 Å². The quantitative estimate of drug-likeness (QED) is 0.799. The van der Waals surface area contributed by atoms with E-state index in [0.29, 0.717) is 32.0 Å². The van der Waals surface area contributed by atoms with Gasteiger partial charge in [0.2, 0.25) is 10.0 Å². The third-order valence-corrected chi connectivity index (χ3v) is 5.44. The second-order valence-electron chi connectivity index (χ2n) is 5.16. The number of hydrogen-bond donors (Lipinski definition) is 1. The van der Waals surface area contributed by atoms with Crippen molar-refractivity contribution in [2.75, 3.05) is 26.3 Å². The highest BCUT2D eigenvalue weighted by Gasteiger charge is 2.28. The second-order valence-corrected chi connectivity index (χ2v) is 7.10. The monoisotopic (exact) mass is 351 g/mol. The Hall–Kier alpha value is -2.23. The summed E-state index contributed by atoms with van der Waals surface area (Å²) in [6.07, 6.45) is 2.90. The number of aromatic nitrogens is 2. The molecule has 0 aliphatic carbocycles. The first-order valence-corrected chi connectivity index (χ1v) is 8.85. The van der Waals surface area contributed by atoms with Gasteiger partial charge in [0.1, 0.15) is 17.2 Å². The maximum Gasteiger partial charge on any atom is 0.355 e. The van der Waals surface area contributed by atoms with E-state index in [9.17, 15) is 13.2 Å². The maximum atomic E-state index is 12.5. The Labute approximate surface area is 139 Å². The summed E-state index contributed by atoms with van der Waals surface area (Å²) >= 11 is 0. The predicted molar refractivity (Wildman–Crippen MR) is 83.7 cm³/mol. The number of nitrogens with one attached hydrogen (secondary N) is 1. The fourth-order valence-electron chi connectivity index (χ4n) is 2.28. The minimum absolute atomic E-state index is 0.0181. The lowest BCUT2D eigenvalue weighted by Crippen LogP contribution is -2.40. The molecule has 8 nitrogen and oxygen atoms in total. The average molecular weight is 351 g/mol. The van der Waals surface area contributed by atoms with Crippen molar-refractivity contribution in [3.05, 3.63) is 48.0 Å². The van der Waals surface area contributed by atoms with Crippen LogP contribution in [0.15, 0.2) is 41.6 Å². The highest BCUT2D eigenvalue weighted by molar-refractivity contribution is 7.89. The van der Waals surface area contributed by atoms with E-state index in [0.717, 1.165) is 0 Å². The summed E-state index contributed by atoms with van der Waals surface area (Å²) in [4.78, 5) is 18.8. The lowest BCUT2D eigenvalue weighted by atomic mass is 10.4. The highest BCUT2D eigenvalue weighted by Crippen LogP contribution is 2.18. The van der Waals surface area contributed by atoms with Crippen molar-refractivity contribution in [2.24, 2.45) is 0 Å². The molecule has 1 saturated heterocycles.